The zero-order chi connectivity index (χ0) is 17.3. The number of methoxy groups -OCH3 is 1. The van der Waals surface area contributed by atoms with Gasteiger partial charge in [-0.05, 0) is 30.3 Å². The molecule has 1 aromatic heterocycles. The molecule has 24 heavy (non-hydrogen) atoms. The van der Waals surface area contributed by atoms with Crippen LogP contribution in [0.2, 0.25) is 10.2 Å². The molecule has 0 bridgehead atoms. The number of hydrogen-bond acceptors (Lipinski definition) is 3. The Kier molecular flexibility index (Phi) is 4.91. The van der Waals surface area contributed by atoms with Crippen LogP contribution in [0.5, 0.6) is 5.75 Å². The van der Waals surface area contributed by atoms with Gasteiger partial charge in [-0.15, -0.1) is 0 Å². The lowest BCUT2D eigenvalue weighted by atomic mass is 10.1. The van der Waals surface area contributed by atoms with Gasteiger partial charge < -0.3 is 9.29 Å². The highest BCUT2D eigenvalue weighted by Crippen LogP contribution is 2.31. The van der Waals surface area contributed by atoms with Gasteiger partial charge in [0.15, 0.2) is 16.2 Å². The minimum atomic E-state index is -2.02. The number of aromatic nitrogens is 2. The second-order valence-corrected chi connectivity index (χ2v) is 6.62. The van der Waals surface area contributed by atoms with E-state index >= 15 is 0 Å². The van der Waals surface area contributed by atoms with Crippen LogP contribution in [0.25, 0.3) is 16.9 Å². The maximum atomic E-state index is 11.1. The maximum absolute atomic E-state index is 11.1. The van der Waals surface area contributed by atoms with Gasteiger partial charge in [-0.3, -0.25) is 0 Å². The number of benzene rings is 2. The summed E-state index contributed by atoms with van der Waals surface area (Å²) in [4.78, 5) is 0.323. The van der Waals surface area contributed by atoms with E-state index < -0.39 is 11.1 Å². The number of nitrogens with zero attached hydrogens (tertiary/aromatic N) is 2. The van der Waals surface area contributed by atoms with Crippen LogP contribution in [0.1, 0.15) is 0 Å². The van der Waals surface area contributed by atoms with Crippen molar-refractivity contribution in [3.05, 3.63) is 58.7 Å². The van der Waals surface area contributed by atoms with Gasteiger partial charge in [0.05, 0.1) is 28.4 Å². The van der Waals surface area contributed by atoms with Crippen molar-refractivity contribution in [1.29, 1.82) is 0 Å². The average molecular weight is 383 g/mol. The summed E-state index contributed by atoms with van der Waals surface area (Å²) in [5.74, 6) is 0.565. The van der Waals surface area contributed by atoms with Gasteiger partial charge in [-0.2, -0.15) is 5.10 Å². The van der Waals surface area contributed by atoms with Crippen LogP contribution in [0.4, 0.5) is 0 Å². The van der Waals surface area contributed by atoms with E-state index in [0.29, 0.717) is 20.8 Å². The Hall–Kier alpha value is -1.86. The molecule has 8 heteroatoms. The van der Waals surface area contributed by atoms with Crippen molar-refractivity contribution in [3.63, 3.8) is 0 Å². The quantitative estimate of drug-likeness (QED) is 0.677. The number of ether oxygens (including phenoxy) is 1. The van der Waals surface area contributed by atoms with Crippen LogP contribution in [0, 0.1) is 0 Å². The van der Waals surface area contributed by atoms with E-state index in [2.05, 4.69) is 5.10 Å². The molecule has 0 fully saturated rings. The third-order valence-corrected chi connectivity index (χ3v) is 4.57. The molecule has 1 unspecified atom stereocenters. The summed E-state index contributed by atoms with van der Waals surface area (Å²) in [5, 5.41) is 5.07. The molecule has 1 heterocycles. The van der Waals surface area contributed by atoms with Crippen LogP contribution in [0.3, 0.4) is 0 Å². The van der Waals surface area contributed by atoms with Crippen molar-refractivity contribution in [2.45, 2.75) is 4.90 Å². The second-order valence-electron chi connectivity index (χ2n) is 4.86. The normalized spacial score (nSPS) is 12.2. The van der Waals surface area contributed by atoms with Gasteiger partial charge in [0.25, 0.3) is 0 Å². The molecule has 0 amide bonds. The third-order valence-electron chi connectivity index (χ3n) is 3.41. The van der Waals surface area contributed by atoms with Crippen LogP contribution >= 0.6 is 23.2 Å². The summed E-state index contributed by atoms with van der Waals surface area (Å²) in [7, 11) is 1.55. The van der Waals surface area contributed by atoms with Gasteiger partial charge in [-0.1, -0.05) is 35.3 Å². The lowest BCUT2D eigenvalue weighted by Crippen LogP contribution is -2.00. The van der Waals surface area contributed by atoms with Gasteiger partial charge in [0.2, 0.25) is 0 Å². The lowest BCUT2D eigenvalue weighted by molar-refractivity contribution is 0.415. The molecule has 0 spiro atoms. The predicted octanol–water partition coefficient (Wildman–Crippen LogP) is 4.44. The van der Waals surface area contributed by atoms with Crippen LogP contribution < -0.4 is 4.74 Å². The first kappa shape index (κ1) is 17.0. The Balaban J connectivity index is 2.08. The maximum Gasteiger partial charge on any atom is 0.186 e. The minimum absolute atomic E-state index is 0.323. The predicted molar refractivity (Wildman–Crippen MR) is 94.6 cm³/mol. The second kappa shape index (κ2) is 6.94. The Bertz CT molecular complexity index is 910. The first-order valence-corrected chi connectivity index (χ1v) is 8.66. The molecule has 1 atom stereocenters. The fourth-order valence-electron chi connectivity index (χ4n) is 2.28. The van der Waals surface area contributed by atoms with E-state index in [0.717, 1.165) is 16.9 Å². The Labute approximate surface area is 151 Å². The Morgan fingerprint density at radius 2 is 1.83 bits per heavy atom. The molecule has 0 radical (unpaired) electrons. The van der Waals surface area contributed by atoms with E-state index in [1.54, 1.807) is 54.3 Å². The third kappa shape index (κ3) is 3.32. The van der Waals surface area contributed by atoms with Crippen molar-refractivity contribution in [2.75, 3.05) is 7.11 Å². The monoisotopic (exact) mass is 382 g/mol. The summed E-state index contributed by atoms with van der Waals surface area (Å²) in [5.41, 5.74) is 2.25. The zero-order valence-electron chi connectivity index (χ0n) is 12.4. The molecular weight excluding hydrogens is 371 g/mol. The Morgan fingerprint density at radius 1 is 1.12 bits per heavy atom. The SMILES string of the molecule is COc1ccc(-n2nc(Cl)cc2-c2ccc(S(=O)O)cc2)cc1Cl. The number of halogens is 2. The van der Waals surface area contributed by atoms with Gasteiger partial charge in [-0.25, -0.2) is 8.89 Å². The molecule has 0 aliphatic rings. The van der Waals surface area contributed by atoms with Gasteiger partial charge in [0.1, 0.15) is 5.75 Å². The molecule has 0 saturated carbocycles. The largest absolute Gasteiger partial charge is 0.495 e. The van der Waals surface area contributed by atoms with Gasteiger partial charge in [0, 0.05) is 11.6 Å². The minimum Gasteiger partial charge on any atom is -0.495 e. The zero-order valence-corrected chi connectivity index (χ0v) is 14.8. The molecule has 0 aliphatic heterocycles. The molecule has 0 saturated heterocycles. The van der Waals surface area contributed by atoms with Crippen molar-refractivity contribution >= 4 is 34.3 Å². The molecule has 2 aromatic carbocycles. The first-order valence-electron chi connectivity index (χ1n) is 6.80. The van der Waals surface area contributed by atoms with Crippen molar-refractivity contribution < 1.29 is 13.5 Å². The molecule has 1 N–H and O–H groups in total. The van der Waals surface area contributed by atoms with Crippen molar-refractivity contribution in [1.82, 2.24) is 9.78 Å². The fourth-order valence-corrected chi connectivity index (χ4v) is 3.08. The highest BCUT2D eigenvalue weighted by Gasteiger charge is 2.13. The molecular formula is C16H12Cl2N2O3S. The van der Waals surface area contributed by atoms with Crippen molar-refractivity contribution in [2.24, 2.45) is 0 Å². The molecule has 3 rings (SSSR count). The molecule has 124 valence electrons. The highest BCUT2D eigenvalue weighted by atomic mass is 35.5. The standard InChI is InChI=1S/C16H12Cl2N2O3S/c1-23-15-7-4-11(8-13(15)17)20-14(9-16(18)19-20)10-2-5-12(6-3-10)24(21)22/h2-9H,1H3,(H,21,22). The first-order chi connectivity index (χ1) is 11.5. The van der Waals surface area contributed by atoms with Crippen molar-refractivity contribution in [3.8, 4) is 22.7 Å². The molecule has 5 nitrogen and oxygen atoms in total. The number of rotatable bonds is 4. The molecule has 3 aromatic rings. The Morgan fingerprint density at radius 3 is 2.42 bits per heavy atom. The highest BCUT2D eigenvalue weighted by molar-refractivity contribution is 7.79. The summed E-state index contributed by atoms with van der Waals surface area (Å²) < 4.78 is 27.0. The van der Waals surface area contributed by atoms with Crippen LogP contribution in [-0.2, 0) is 11.1 Å². The lowest BCUT2D eigenvalue weighted by Gasteiger charge is -2.10. The van der Waals surface area contributed by atoms with E-state index in [1.807, 2.05) is 6.07 Å². The van der Waals surface area contributed by atoms with Crippen LogP contribution in [0.15, 0.2) is 53.4 Å². The fraction of sp³-hybridized carbons (Fsp3) is 0.0625. The average Bonchev–Trinajstić information content (AvgIpc) is 2.96. The summed E-state index contributed by atoms with van der Waals surface area (Å²) >= 11 is 10.2. The van der Waals surface area contributed by atoms with Crippen LogP contribution in [-0.4, -0.2) is 25.7 Å². The van der Waals surface area contributed by atoms with E-state index in [4.69, 9.17) is 32.5 Å². The smallest absolute Gasteiger partial charge is 0.186 e. The molecule has 0 aliphatic carbocycles. The number of hydrogen-bond donors (Lipinski definition) is 1. The summed E-state index contributed by atoms with van der Waals surface area (Å²) in [6.45, 7) is 0. The van der Waals surface area contributed by atoms with E-state index in [-0.39, 0.29) is 0 Å². The van der Waals surface area contributed by atoms with E-state index in [9.17, 15) is 4.21 Å². The summed E-state index contributed by atoms with van der Waals surface area (Å²) in [6.07, 6.45) is 0. The summed E-state index contributed by atoms with van der Waals surface area (Å²) in [6, 6.07) is 13.6. The van der Waals surface area contributed by atoms with Gasteiger partial charge >= 0.3 is 0 Å². The van der Waals surface area contributed by atoms with E-state index in [1.165, 1.54) is 0 Å². The topological polar surface area (TPSA) is 64.4 Å².